The zero-order valence-electron chi connectivity index (χ0n) is 22.9. The molecule has 0 aliphatic carbocycles. The van der Waals surface area contributed by atoms with E-state index < -0.39 is 29.2 Å². The van der Waals surface area contributed by atoms with Gasteiger partial charge in [-0.1, -0.05) is 29.7 Å². The van der Waals surface area contributed by atoms with Gasteiger partial charge in [0.1, 0.15) is 15.3 Å². The number of hydrogen-bond donors (Lipinski definition) is 2. The van der Waals surface area contributed by atoms with E-state index in [4.69, 9.17) is 10.8 Å². The Kier molecular flexibility index (Phi) is 7.84. The first-order valence-electron chi connectivity index (χ1n) is 11.8. The summed E-state index contributed by atoms with van der Waals surface area (Å²) >= 11 is 0. The minimum absolute atomic E-state index is 0.174. The van der Waals surface area contributed by atoms with Crippen LogP contribution in [0, 0.1) is 34.5 Å². The van der Waals surface area contributed by atoms with E-state index in [9.17, 15) is 16.8 Å². The summed E-state index contributed by atoms with van der Waals surface area (Å²) in [6, 6.07) is 12.4. The summed E-state index contributed by atoms with van der Waals surface area (Å²) in [4.78, 5) is 6.19. The molecule has 39 heavy (non-hydrogen) atoms. The number of benzene rings is 2. The normalized spacial score (nSPS) is 12.2. The van der Waals surface area contributed by atoms with Crippen molar-refractivity contribution in [2.24, 2.45) is 0 Å². The van der Waals surface area contributed by atoms with E-state index in [0.29, 0.717) is 33.5 Å². The Balaban J connectivity index is 2.14. The Morgan fingerprint density at radius 3 is 1.95 bits per heavy atom. The van der Waals surface area contributed by atoms with Crippen molar-refractivity contribution in [3.8, 4) is 23.7 Å². The first-order chi connectivity index (χ1) is 17.9. The van der Waals surface area contributed by atoms with Gasteiger partial charge in [0.2, 0.25) is 5.62 Å². The molecule has 2 aromatic carbocycles. The van der Waals surface area contributed by atoms with Gasteiger partial charge in [-0.25, -0.2) is 16.8 Å². The smallest absolute Gasteiger partial charge is 0.229 e. The highest BCUT2D eigenvalue weighted by Gasteiger charge is 2.28. The van der Waals surface area contributed by atoms with Gasteiger partial charge in [-0.2, -0.15) is 4.98 Å². The van der Waals surface area contributed by atoms with E-state index in [1.54, 1.807) is 62.2 Å². The van der Waals surface area contributed by atoms with Gasteiger partial charge in [0.15, 0.2) is 19.7 Å². The minimum atomic E-state index is -3.41. The van der Waals surface area contributed by atoms with Crippen molar-refractivity contribution in [1.82, 2.24) is 9.55 Å². The molecule has 0 unspecified atom stereocenters. The lowest BCUT2D eigenvalue weighted by atomic mass is 10.1. The molecular weight excluding hydrogens is 534 g/mol. The van der Waals surface area contributed by atoms with E-state index in [1.165, 1.54) is 18.4 Å². The molecule has 0 aliphatic heterocycles. The third-order valence-electron chi connectivity index (χ3n) is 6.49. The average Bonchev–Trinajstić information content (AvgIpc) is 2.84. The van der Waals surface area contributed by atoms with Crippen molar-refractivity contribution in [2.75, 3.05) is 24.5 Å². The summed E-state index contributed by atoms with van der Waals surface area (Å²) < 4.78 is 46.9. The molecule has 3 rings (SSSR count). The largest absolute Gasteiger partial charge is 0.329 e. The molecule has 0 bridgehead atoms. The first kappa shape index (κ1) is 29.6. The van der Waals surface area contributed by atoms with Crippen LogP contribution in [-0.4, -0.2) is 61.8 Å². The number of sulfone groups is 2. The van der Waals surface area contributed by atoms with Gasteiger partial charge < -0.3 is 4.90 Å². The van der Waals surface area contributed by atoms with Crippen LogP contribution in [0.2, 0.25) is 0 Å². The molecule has 0 atom stereocenters. The van der Waals surface area contributed by atoms with Gasteiger partial charge in [-0.3, -0.25) is 15.4 Å². The van der Waals surface area contributed by atoms with Gasteiger partial charge in [0, 0.05) is 41.8 Å². The molecule has 0 spiro atoms. The Morgan fingerprint density at radius 1 is 0.897 bits per heavy atom. The minimum Gasteiger partial charge on any atom is -0.329 e. The molecule has 1 aromatic heterocycles. The fourth-order valence-electron chi connectivity index (χ4n) is 3.26. The second-order valence-electron chi connectivity index (χ2n) is 10.2. The van der Waals surface area contributed by atoms with Crippen LogP contribution >= 0.6 is 0 Å². The quantitative estimate of drug-likeness (QED) is 0.277. The van der Waals surface area contributed by atoms with E-state index in [2.05, 4.69) is 28.7 Å². The third-order valence-corrected chi connectivity index (χ3v) is 10.4. The van der Waals surface area contributed by atoms with E-state index >= 15 is 0 Å². The highest BCUT2D eigenvalue weighted by Crippen LogP contribution is 2.29. The second-order valence-corrected chi connectivity index (χ2v) is 15.3. The summed E-state index contributed by atoms with van der Waals surface area (Å²) in [7, 11) is -5.00. The van der Waals surface area contributed by atoms with Gasteiger partial charge in [0.05, 0.1) is 11.9 Å². The lowest BCUT2D eigenvalue weighted by molar-refractivity contribution is 0.580. The maximum atomic E-state index is 12.0. The second kappa shape index (κ2) is 10.3. The molecule has 0 radical (unpaired) electrons. The van der Waals surface area contributed by atoms with Crippen LogP contribution in [0.4, 0.5) is 11.5 Å². The number of aromatic nitrogens is 2. The predicted molar refractivity (Wildman–Crippen MR) is 156 cm³/mol. The Bertz CT molecular complexity index is 1880. The number of anilines is 2. The van der Waals surface area contributed by atoms with Crippen molar-refractivity contribution in [2.45, 2.75) is 37.2 Å². The fraction of sp³-hybridized carbons (Fsp3) is 0.321. The molecule has 0 saturated carbocycles. The van der Waals surface area contributed by atoms with Crippen LogP contribution in [0.15, 0.2) is 42.5 Å². The lowest BCUT2D eigenvalue weighted by Gasteiger charge is -2.21. The molecule has 1 heterocycles. The molecule has 0 saturated heterocycles. The Labute approximate surface area is 229 Å². The zero-order valence-corrected chi connectivity index (χ0v) is 24.5. The van der Waals surface area contributed by atoms with Crippen LogP contribution in [0.3, 0.4) is 0 Å². The standard InChI is InChI=1S/C28H31N5O4S2/c1-27(2,38(6,34)35)15-13-20-9-8-10-22(17-20)32(5)25-23-12-11-21(14-16-28(3,4)39(7,36)37)18-24(23)33(19-29)26(30)31-25/h8-12,17-19,29-30H,1-7H3. The molecular formula is C28H31N5O4S2. The van der Waals surface area contributed by atoms with E-state index in [1.807, 2.05) is 6.07 Å². The Hall–Kier alpha value is -3.93. The average molecular weight is 566 g/mol. The molecule has 9 nitrogen and oxygen atoms in total. The van der Waals surface area contributed by atoms with Crippen LogP contribution in [0.1, 0.15) is 38.8 Å². The van der Waals surface area contributed by atoms with E-state index in [-0.39, 0.29) is 5.62 Å². The number of fused-ring (bicyclic) bond motifs is 1. The highest BCUT2D eigenvalue weighted by molar-refractivity contribution is 7.92. The SMILES string of the molecule is CN(c1cccc(C#CC(C)(C)S(C)(=O)=O)c1)c1nc(=N)n(C=N)c2cc(C#CC(C)(C)S(C)(=O)=O)ccc12. The van der Waals surface area contributed by atoms with Gasteiger partial charge >= 0.3 is 0 Å². The lowest BCUT2D eigenvalue weighted by Crippen LogP contribution is -2.28. The molecule has 3 aromatic rings. The number of hydrogen-bond acceptors (Lipinski definition) is 8. The van der Waals surface area contributed by atoms with Crippen LogP contribution in [0.25, 0.3) is 10.9 Å². The first-order valence-corrected chi connectivity index (χ1v) is 15.6. The monoisotopic (exact) mass is 565 g/mol. The topological polar surface area (TPSA) is 137 Å². The van der Waals surface area contributed by atoms with Crippen molar-refractivity contribution >= 4 is 48.4 Å². The van der Waals surface area contributed by atoms with Crippen molar-refractivity contribution < 1.29 is 16.8 Å². The maximum absolute atomic E-state index is 12.0. The summed E-state index contributed by atoms with van der Waals surface area (Å²) in [5, 5.41) is 16.9. The van der Waals surface area contributed by atoms with Crippen molar-refractivity contribution in [3.05, 3.63) is 59.2 Å². The predicted octanol–water partition coefficient (Wildman–Crippen LogP) is 3.09. The van der Waals surface area contributed by atoms with Gasteiger partial charge in [0.25, 0.3) is 0 Å². The van der Waals surface area contributed by atoms with Gasteiger partial charge in [-0.15, -0.1) is 0 Å². The summed E-state index contributed by atoms with van der Waals surface area (Å²) in [5.74, 6) is 11.9. The molecule has 0 fully saturated rings. The molecule has 11 heteroatoms. The third kappa shape index (κ3) is 6.22. The molecule has 0 amide bonds. The van der Waals surface area contributed by atoms with Crippen LogP contribution < -0.4 is 10.5 Å². The number of rotatable bonds is 5. The molecule has 2 N–H and O–H groups in total. The molecule has 204 valence electrons. The summed E-state index contributed by atoms with van der Waals surface area (Å²) in [5.41, 5.74) is 2.18. The molecule has 0 aliphatic rings. The van der Waals surface area contributed by atoms with Crippen molar-refractivity contribution in [1.29, 1.82) is 10.8 Å². The maximum Gasteiger partial charge on any atom is 0.229 e. The van der Waals surface area contributed by atoms with E-state index in [0.717, 1.165) is 18.9 Å². The number of nitrogens with one attached hydrogen (secondary N) is 2. The Morgan fingerprint density at radius 2 is 1.44 bits per heavy atom. The fourth-order valence-corrected chi connectivity index (χ4v) is 3.73. The number of nitrogens with zero attached hydrogens (tertiary/aromatic N) is 3. The summed E-state index contributed by atoms with van der Waals surface area (Å²) in [6.07, 6.45) is 3.28. The highest BCUT2D eigenvalue weighted by atomic mass is 32.2. The zero-order chi connectivity index (χ0) is 29.4. The summed E-state index contributed by atoms with van der Waals surface area (Å²) in [6.45, 7) is 6.18. The van der Waals surface area contributed by atoms with Crippen molar-refractivity contribution in [3.63, 3.8) is 0 Å². The van der Waals surface area contributed by atoms with Crippen LogP contribution in [0.5, 0.6) is 0 Å². The van der Waals surface area contributed by atoms with Crippen LogP contribution in [-0.2, 0) is 19.7 Å². The van der Waals surface area contributed by atoms with Gasteiger partial charge in [-0.05, 0) is 64.1 Å².